The molecule has 0 saturated heterocycles. The number of furan rings is 2. The summed E-state index contributed by atoms with van der Waals surface area (Å²) < 4.78 is 25.2. The van der Waals surface area contributed by atoms with Gasteiger partial charge >= 0.3 is 0 Å². The van der Waals surface area contributed by atoms with Crippen molar-refractivity contribution in [3.8, 4) is 22.3 Å². The first-order valence-corrected chi connectivity index (χ1v) is 16.3. The Kier molecular flexibility index (Phi) is 5.31. The van der Waals surface area contributed by atoms with Crippen molar-refractivity contribution in [1.29, 1.82) is 0 Å². The monoisotopic (exact) mass is 646 g/mol. The Bertz CT molecular complexity index is 3370. The lowest BCUT2D eigenvalue weighted by molar-refractivity contribution is 0.649. The summed E-state index contributed by atoms with van der Waals surface area (Å²) in [5, 5.41) is 5.40. The van der Waals surface area contributed by atoms with Crippen LogP contribution in [0.1, 0.15) is 0 Å². The van der Waals surface area contributed by atoms with Crippen molar-refractivity contribution in [1.82, 2.24) is 0 Å². The van der Waals surface area contributed by atoms with Crippen LogP contribution in [0.15, 0.2) is 161 Å². The van der Waals surface area contributed by atoms with Gasteiger partial charge in [0.1, 0.15) is 44.5 Å². The number of para-hydroxylation sites is 4. The molecule has 50 heavy (non-hydrogen) atoms. The van der Waals surface area contributed by atoms with Gasteiger partial charge in [-0.25, -0.2) is 0 Å². The highest BCUT2D eigenvalue weighted by molar-refractivity contribution is 6.12. The van der Waals surface area contributed by atoms with E-state index in [4.69, 9.17) is 17.7 Å². The molecule has 4 heterocycles. The van der Waals surface area contributed by atoms with Crippen LogP contribution in [0.2, 0.25) is 0 Å². The molecule has 234 valence electrons. The van der Waals surface area contributed by atoms with Crippen molar-refractivity contribution in [2.75, 3.05) is 0 Å². The van der Waals surface area contributed by atoms with Gasteiger partial charge < -0.3 is 17.7 Å². The summed E-state index contributed by atoms with van der Waals surface area (Å²) in [6.45, 7) is 0. The molecular formula is C44H22O6. The maximum absolute atomic E-state index is 14.3. The van der Waals surface area contributed by atoms with E-state index in [0.717, 1.165) is 66.1 Å². The normalized spacial score (nSPS) is 12.2. The first-order valence-electron chi connectivity index (χ1n) is 16.3. The van der Waals surface area contributed by atoms with Crippen molar-refractivity contribution in [3.63, 3.8) is 0 Å². The highest BCUT2D eigenvalue weighted by atomic mass is 16.3. The second-order valence-corrected chi connectivity index (χ2v) is 12.7. The van der Waals surface area contributed by atoms with Crippen molar-refractivity contribution < 1.29 is 17.7 Å². The van der Waals surface area contributed by atoms with Gasteiger partial charge in [0, 0.05) is 32.7 Å². The Hall–Kier alpha value is -6.92. The van der Waals surface area contributed by atoms with Gasteiger partial charge in [-0.05, 0) is 59.7 Å². The largest absolute Gasteiger partial charge is 0.456 e. The average molecular weight is 647 g/mol. The van der Waals surface area contributed by atoms with E-state index >= 15 is 0 Å². The molecule has 0 fully saturated rings. The summed E-state index contributed by atoms with van der Waals surface area (Å²) in [5.74, 6) is 0. The smallest absolute Gasteiger partial charge is 0.204 e. The number of rotatable bonds is 2. The van der Waals surface area contributed by atoms with Crippen molar-refractivity contribution >= 4 is 87.8 Å². The minimum Gasteiger partial charge on any atom is -0.456 e. The summed E-state index contributed by atoms with van der Waals surface area (Å²) in [6, 6.07) is 42.3. The van der Waals surface area contributed by atoms with Crippen LogP contribution in [0.4, 0.5) is 0 Å². The van der Waals surface area contributed by atoms with Crippen LogP contribution in [0.3, 0.4) is 0 Å². The predicted octanol–water partition coefficient (Wildman–Crippen LogP) is 11.3. The third-order valence-corrected chi connectivity index (χ3v) is 9.90. The Morgan fingerprint density at radius 1 is 0.320 bits per heavy atom. The minimum absolute atomic E-state index is 0.201. The van der Waals surface area contributed by atoms with E-state index in [1.165, 1.54) is 0 Å². The van der Waals surface area contributed by atoms with E-state index < -0.39 is 0 Å². The van der Waals surface area contributed by atoms with Crippen molar-refractivity contribution in [2.24, 2.45) is 0 Å². The summed E-state index contributed by atoms with van der Waals surface area (Å²) in [4.78, 5) is 28.4. The Labute approximate surface area is 281 Å². The van der Waals surface area contributed by atoms with E-state index in [1.807, 2.05) is 109 Å². The second-order valence-electron chi connectivity index (χ2n) is 12.7. The molecule has 0 unspecified atom stereocenters. The lowest BCUT2D eigenvalue weighted by Gasteiger charge is -2.09. The van der Waals surface area contributed by atoms with E-state index in [1.54, 1.807) is 24.3 Å². The van der Waals surface area contributed by atoms with Crippen molar-refractivity contribution in [2.45, 2.75) is 0 Å². The molecule has 4 aromatic heterocycles. The molecule has 0 radical (unpaired) electrons. The first-order chi connectivity index (χ1) is 24.6. The highest BCUT2D eigenvalue weighted by Gasteiger charge is 2.20. The summed E-state index contributed by atoms with van der Waals surface area (Å²) >= 11 is 0. The zero-order valence-electron chi connectivity index (χ0n) is 26.2. The third-order valence-electron chi connectivity index (χ3n) is 9.90. The fourth-order valence-corrected chi connectivity index (χ4v) is 7.53. The van der Waals surface area contributed by atoms with Crippen LogP contribution < -0.4 is 10.9 Å². The summed E-state index contributed by atoms with van der Waals surface area (Å²) in [7, 11) is 0. The van der Waals surface area contributed by atoms with Crippen LogP contribution in [-0.2, 0) is 0 Å². The molecule has 11 aromatic rings. The van der Waals surface area contributed by atoms with Gasteiger partial charge in [-0.2, -0.15) is 0 Å². The fourth-order valence-electron chi connectivity index (χ4n) is 7.53. The van der Waals surface area contributed by atoms with Crippen LogP contribution in [0, 0.1) is 0 Å². The number of fused-ring (bicyclic) bond motifs is 11. The average Bonchev–Trinajstić information content (AvgIpc) is 3.73. The Morgan fingerprint density at radius 3 is 1.42 bits per heavy atom. The zero-order valence-corrected chi connectivity index (χ0v) is 26.2. The topological polar surface area (TPSA) is 86.7 Å². The molecule has 0 N–H and O–H groups in total. The quantitative estimate of drug-likeness (QED) is 0.137. The van der Waals surface area contributed by atoms with Crippen molar-refractivity contribution in [3.05, 3.63) is 154 Å². The van der Waals surface area contributed by atoms with Crippen LogP contribution >= 0.6 is 0 Å². The molecule has 0 aliphatic rings. The summed E-state index contributed by atoms with van der Waals surface area (Å²) in [6.07, 6.45) is 0. The molecule has 7 aromatic carbocycles. The molecule has 6 nitrogen and oxygen atoms in total. The van der Waals surface area contributed by atoms with Crippen LogP contribution in [0.25, 0.3) is 110 Å². The van der Waals surface area contributed by atoms with Gasteiger partial charge in [-0.3, -0.25) is 9.59 Å². The zero-order chi connectivity index (χ0) is 33.1. The highest BCUT2D eigenvalue weighted by Crippen LogP contribution is 2.39. The molecule has 0 aliphatic heterocycles. The Balaban J connectivity index is 1.11. The number of hydrogen-bond acceptors (Lipinski definition) is 6. The predicted molar refractivity (Wildman–Crippen MR) is 199 cm³/mol. The molecule has 0 saturated carbocycles. The third kappa shape index (κ3) is 3.67. The van der Waals surface area contributed by atoms with Crippen LogP contribution in [-0.4, -0.2) is 0 Å². The lowest BCUT2D eigenvalue weighted by atomic mass is 9.99. The van der Waals surface area contributed by atoms with E-state index in [9.17, 15) is 9.59 Å². The molecule has 0 aliphatic carbocycles. The van der Waals surface area contributed by atoms with E-state index in [2.05, 4.69) is 0 Å². The first kappa shape index (κ1) is 27.1. The van der Waals surface area contributed by atoms with Gasteiger partial charge in [0.2, 0.25) is 10.9 Å². The molecule has 11 rings (SSSR count). The van der Waals surface area contributed by atoms with Crippen LogP contribution in [0.5, 0.6) is 0 Å². The van der Waals surface area contributed by atoms with E-state index in [0.29, 0.717) is 32.9 Å². The molecule has 6 heteroatoms. The second kappa shape index (κ2) is 9.81. The maximum Gasteiger partial charge on any atom is 0.204 e. The number of hydrogen-bond donors (Lipinski definition) is 0. The fraction of sp³-hybridized carbons (Fsp3) is 0. The minimum atomic E-state index is -0.277. The molecular weight excluding hydrogens is 624 g/mol. The van der Waals surface area contributed by atoms with Gasteiger partial charge in [0.15, 0.2) is 5.58 Å². The SMILES string of the molecule is O=c1c2cc(-c3cccc4c3oc3ccccc34)ccc2oc2c1ccc1oc3ccc(-c4cccc5c4oc4ccccc45)cc3c(=O)c12. The van der Waals surface area contributed by atoms with E-state index in [-0.39, 0.29) is 21.8 Å². The van der Waals surface area contributed by atoms with Gasteiger partial charge in [0.05, 0.1) is 16.2 Å². The Morgan fingerprint density at radius 2 is 0.800 bits per heavy atom. The van der Waals surface area contributed by atoms with Gasteiger partial charge in [-0.1, -0.05) is 84.9 Å². The molecule has 0 atom stereocenters. The molecule has 0 spiro atoms. The standard InChI is InChI=1S/C44H22O6/c45-40-31-17-20-38-39(41(46)33-22-24(15-18-36(33)47-38)26-10-6-12-30-28-8-2-4-14-35(28)49-43(26)30)44(31)50-37-19-16-23(21-32(37)40)25-9-5-11-29-27-7-1-3-13-34(27)48-42(25)29/h1-22H. The lowest BCUT2D eigenvalue weighted by Crippen LogP contribution is -2.07. The maximum atomic E-state index is 14.3. The molecule has 0 amide bonds. The number of benzene rings is 7. The molecule has 0 bridgehead atoms. The van der Waals surface area contributed by atoms with Gasteiger partial charge in [0.25, 0.3) is 0 Å². The summed E-state index contributed by atoms with van der Waals surface area (Å²) in [5.41, 5.74) is 7.34. The van der Waals surface area contributed by atoms with Gasteiger partial charge in [-0.15, -0.1) is 0 Å².